The van der Waals surface area contributed by atoms with Gasteiger partial charge in [0.15, 0.2) is 0 Å². The summed E-state index contributed by atoms with van der Waals surface area (Å²) in [5.41, 5.74) is 12.6. The molecule has 0 saturated carbocycles. The Bertz CT molecular complexity index is 3100. The van der Waals surface area contributed by atoms with Crippen molar-refractivity contribution in [2.24, 2.45) is 0 Å². The van der Waals surface area contributed by atoms with Crippen LogP contribution in [0.1, 0.15) is 25.0 Å². The van der Waals surface area contributed by atoms with Gasteiger partial charge < -0.3 is 9.32 Å². The maximum Gasteiger partial charge on any atom is 0.143 e. The molecule has 0 unspecified atom stereocenters. The molecule has 53 heavy (non-hydrogen) atoms. The van der Waals surface area contributed by atoms with Crippen molar-refractivity contribution in [3.8, 4) is 22.3 Å². The van der Waals surface area contributed by atoms with Crippen LogP contribution in [0.2, 0.25) is 0 Å². The lowest BCUT2D eigenvalue weighted by Gasteiger charge is -2.28. The van der Waals surface area contributed by atoms with E-state index in [1.807, 2.05) is 0 Å². The number of fused-ring (bicyclic) bond motifs is 9. The molecule has 0 fully saturated rings. The third-order valence-corrected chi connectivity index (χ3v) is 11.6. The minimum Gasteiger partial charge on any atom is -0.455 e. The Hall–Kier alpha value is -6.64. The minimum atomic E-state index is -0.111. The molecule has 1 aromatic heterocycles. The van der Waals surface area contributed by atoms with Crippen molar-refractivity contribution in [3.05, 3.63) is 187 Å². The SMILES string of the molecule is CC1(C)c2ccccc2-c2ccc(N(c3ccc4ccccc4c3)c3ccc4c(c3)oc3c(-c5cccc6ccccc56)c5ccccc5cc34)cc21. The van der Waals surface area contributed by atoms with Gasteiger partial charge in [0.1, 0.15) is 11.2 Å². The first-order valence-electron chi connectivity index (χ1n) is 18.4. The van der Waals surface area contributed by atoms with E-state index in [0.717, 1.165) is 44.6 Å². The highest BCUT2D eigenvalue weighted by molar-refractivity contribution is 6.21. The van der Waals surface area contributed by atoms with Gasteiger partial charge in [-0.05, 0) is 103 Å². The lowest BCUT2D eigenvalue weighted by molar-refractivity contribution is 0.660. The molecule has 0 N–H and O–H groups in total. The highest BCUT2D eigenvalue weighted by Gasteiger charge is 2.35. The molecule has 0 bridgehead atoms. The zero-order valence-electron chi connectivity index (χ0n) is 29.6. The van der Waals surface area contributed by atoms with E-state index in [0.29, 0.717) is 0 Å². The Kier molecular flexibility index (Phi) is 6.33. The number of anilines is 3. The summed E-state index contributed by atoms with van der Waals surface area (Å²) in [7, 11) is 0. The zero-order valence-corrected chi connectivity index (χ0v) is 29.6. The van der Waals surface area contributed by atoms with E-state index in [1.165, 1.54) is 60.1 Å². The molecule has 250 valence electrons. The van der Waals surface area contributed by atoms with Crippen LogP contribution in [0.5, 0.6) is 0 Å². The number of rotatable bonds is 4. The molecule has 2 heteroatoms. The molecule has 0 amide bonds. The average Bonchev–Trinajstić information content (AvgIpc) is 3.67. The Morgan fingerprint density at radius 2 is 1.02 bits per heavy atom. The van der Waals surface area contributed by atoms with Gasteiger partial charge in [-0.1, -0.05) is 141 Å². The predicted molar refractivity (Wildman–Crippen MR) is 224 cm³/mol. The quantitative estimate of drug-likeness (QED) is 0.184. The van der Waals surface area contributed by atoms with Crippen LogP contribution in [0.4, 0.5) is 17.1 Å². The van der Waals surface area contributed by atoms with Gasteiger partial charge in [0, 0.05) is 44.9 Å². The zero-order chi connectivity index (χ0) is 35.3. The van der Waals surface area contributed by atoms with Crippen LogP contribution in [0, 0.1) is 0 Å². The molecule has 11 rings (SSSR count). The van der Waals surface area contributed by atoms with Gasteiger partial charge in [-0.2, -0.15) is 0 Å². The van der Waals surface area contributed by atoms with Gasteiger partial charge in [0.05, 0.1) is 0 Å². The first-order valence-corrected chi connectivity index (χ1v) is 18.4. The third kappa shape index (κ3) is 4.45. The van der Waals surface area contributed by atoms with Crippen LogP contribution in [0.25, 0.3) is 76.5 Å². The fraction of sp³-hybridized carbons (Fsp3) is 0.0588. The van der Waals surface area contributed by atoms with Crippen LogP contribution < -0.4 is 4.90 Å². The number of nitrogens with zero attached hydrogens (tertiary/aromatic N) is 1. The van der Waals surface area contributed by atoms with Crippen LogP contribution in [0.3, 0.4) is 0 Å². The molecular weight excluding hydrogens is 643 g/mol. The van der Waals surface area contributed by atoms with Crippen LogP contribution in [0.15, 0.2) is 180 Å². The Labute approximate surface area is 308 Å². The van der Waals surface area contributed by atoms with E-state index in [9.17, 15) is 0 Å². The summed E-state index contributed by atoms with van der Waals surface area (Å²) in [4.78, 5) is 2.39. The van der Waals surface area contributed by atoms with Gasteiger partial charge in [0.25, 0.3) is 0 Å². The first-order chi connectivity index (χ1) is 26.0. The van der Waals surface area contributed by atoms with Crippen molar-refractivity contribution in [2.45, 2.75) is 19.3 Å². The Balaban J connectivity index is 1.15. The summed E-state index contributed by atoms with van der Waals surface area (Å²) in [6.45, 7) is 4.69. The molecule has 1 heterocycles. The normalized spacial score (nSPS) is 13.2. The summed E-state index contributed by atoms with van der Waals surface area (Å²) >= 11 is 0. The summed E-state index contributed by atoms with van der Waals surface area (Å²) in [6, 6.07) is 64.1. The molecule has 9 aromatic carbocycles. The molecular formula is C51H35NO. The van der Waals surface area contributed by atoms with E-state index in [2.05, 4.69) is 195 Å². The lowest BCUT2D eigenvalue weighted by atomic mass is 9.82. The van der Waals surface area contributed by atoms with Crippen LogP contribution in [-0.4, -0.2) is 0 Å². The second-order valence-electron chi connectivity index (χ2n) is 14.9. The second kappa shape index (κ2) is 11.2. The summed E-state index contributed by atoms with van der Waals surface area (Å²) in [6.07, 6.45) is 0. The summed E-state index contributed by atoms with van der Waals surface area (Å²) < 4.78 is 7.05. The highest BCUT2D eigenvalue weighted by atomic mass is 16.3. The average molecular weight is 678 g/mol. The first kappa shape index (κ1) is 30.0. The highest BCUT2D eigenvalue weighted by Crippen LogP contribution is 2.51. The van der Waals surface area contributed by atoms with E-state index in [1.54, 1.807) is 0 Å². The molecule has 10 aromatic rings. The van der Waals surface area contributed by atoms with Gasteiger partial charge in [0.2, 0.25) is 0 Å². The standard InChI is InChI=1S/C51H35NO/c1-51(2)46-21-10-9-19-41(46)42-26-24-37(30-47(42)51)52(36-23-22-32-12-3-4-14-34(32)28-36)38-25-27-43-45-29-35-15-6-8-18-40(35)49(50(45)53-48(43)31-38)44-20-11-16-33-13-5-7-17-39(33)44/h3-31H,1-2H3. The molecule has 0 aliphatic heterocycles. The Morgan fingerprint density at radius 3 is 1.91 bits per heavy atom. The third-order valence-electron chi connectivity index (χ3n) is 11.6. The van der Waals surface area contributed by atoms with Gasteiger partial charge in [-0.25, -0.2) is 0 Å². The lowest BCUT2D eigenvalue weighted by Crippen LogP contribution is -2.16. The van der Waals surface area contributed by atoms with Crippen molar-refractivity contribution in [1.29, 1.82) is 0 Å². The fourth-order valence-electron chi connectivity index (χ4n) is 9.01. The number of furan rings is 1. The molecule has 1 aliphatic rings. The van der Waals surface area contributed by atoms with Crippen LogP contribution in [-0.2, 0) is 5.41 Å². The largest absolute Gasteiger partial charge is 0.455 e. The van der Waals surface area contributed by atoms with Gasteiger partial charge >= 0.3 is 0 Å². The van der Waals surface area contributed by atoms with Crippen molar-refractivity contribution in [2.75, 3.05) is 4.90 Å². The van der Waals surface area contributed by atoms with E-state index >= 15 is 0 Å². The number of hydrogen-bond acceptors (Lipinski definition) is 2. The Morgan fingerprint density at radius 1 is 0.396 bits per heavy atom. The van der Waals surface area contributed by atoms with Crippen molar-refractivity contribution < 1.29 is 4.42 Å². The van der Waals surface area contributed by atoms with Crippen LogP contribution >= 0.6 is 0 Å². The van der Waals surface area contributed by atoms with Crippen molar-refractivity contribution in [1.82, 2.24) is 0 Å². The summed E-state index contributed by atoms with van der Waals surface area (Å²) in [5.74, 6) is 0. The van der Waals surface area contributed by atoms with Gasteiger partial charge in [-0.3, -0.25) is 0 Å². The molecule has 0 atom stereocenters. The second-order valence-corrected chi connectivity index (χ2v) is 14.9. The number of hydrogen-bond donors (Lipinski definition) is 0. The van der Waals surface area contributed by atoms with E-state index in [-0.39, 0.29) is 5.41 Å². The van der Waals surface area contributed by atoms with E-state index < -0.39 is 0 Å². The maximum atomic E-state index is 7.05. The minimum absolute atomic E-state index is 0.111. The fourth-order valence-corrected chi connectivity index (χ4v) is 9.01. The smallest absolute Gasteiger partial charge is 0.143 e. The predicted octanol–water partition coefficient (Wildman–Crippen LogP) is 14.5. The van der Waals surface area contributed by atoms with E-state index in [4.69, 9.17) is 4.42 Å². The van der Waals surface area contributed by atoms with Crippen molar-refractivity contribution >= 4 is 71.3 Å². The van der Waals surface area contributed by atoms with Gasteiger partial charge in [-0.15, -0.1) is 0 Å². The molecule has 0 radical (unpaired) electrons. The molecule has 2 nitrogen and oxygen atoms in total. The van der Waals surface area contributed by atoms with Crippen molar-refractivity contribution in [3.63, 3.8) is 0 Å². The number of benzene rings is 9. The summed E-state index contributed by atoms with van der Waals surface area (Å²) in [5, 5.41) is 9.50. The monoisotopic (exact) mass is 677 g/mol. The molecule has 1 aliphatic carbocycles. The molecule has 0 spiro atoms. The molecule has 0 saturated heterocycles. The maximum absolute atomic E-state index is 7.05. The topological polar surface area (TPSA) is 16.4 Å².